The average Bonchev–Trinajstić information content (AvgIpc) is 2.43. The van der Waals surface area contributed by atoms with Gasteiger partial charge >= 0.3 is 5.97 Å². The molecule has 14 heavy (non-hydrogen) atoms. The second kappa shape index (κ2) is 3.33. The molecule has 0 atom stereocenters. The first-order valence-corrected chi connectivity index (χ1v) is 5.48. The van der Waals surface area contributed by atoms with E-state index in [1.807, 2.05) is 6.92 Å². The summed E-state index contributed by atoms with van der Waals surface area (Å²) < 4.78 is 1.96. The van der Waals surface area contributed by atoms with Crippen molar-refractivity contribution in [2.24, 2.45) is 0 Å². The van der Waals surface area contributed by atoms with Crippen LogP contribution in [0.4, 0.5) is 0 Å². The first-order chi connectivity index (χ1) is 6.59. The van der Waals surface area contributed by atoms with Gasteiger partial charge in [-0.05, 0) is 28.9 Å². The van der Waals surface area contributed by atoms with Gasteiger partial charge in [0.05, 0.1) is 4.70 Å². The van der Waals surface area contributed by atoms with Crippen LogP contribution in [0.5, 0.6) is 0 Å². The van der Waals surface area contributed by atoms with Crippen molar-refractivity contribution in [3.8, 4) is 0 Å². The van der Waals surface area contributed by atoms with Gasteiger partial charge in [-0.15, -0.1) is 11.3 Å². The molecule has 0 saturated heterocycles. The predicted molar refractivity (Wildman–Crippen MR) is 59.0 cm³/mol. The number of fused-ring (bicyclic) bond motifs is 1. The number of carbonyl (C=O) groups is 1. The number of nitrogens with zero attached hydrogens (tertiary/aromatic N) is 1. The third-order valence-corrected chi connectivity index (χ3v) is 4.24. The Morgan fingerprint density at radius 3 is 3.00 bits per heavy atom. The molecule has 0 amide bonds. The molecule has 0 spiro atoms. The van der Waals surface area contributed by atoms with E-state index in [4.69, 9.17) is 5.11 Å². The molecule has 0 saturated carbocycles. The fourth-order valence-corrected chi connectivity index (χ4v) is 2.82. The maximum Gasteiger partial charge on any atom is 0.354 e. The predicted octanol–water partition coefficient (Wildman–Crippen LogP) is 3.07. The zero-order valence-electron chi connectivity index (χ0n) is 7.24. The molecular weight excluding hydrogens is 266 g/mol. The van der Waals surface area contributed by atoms with E-state index in [0.29, 0.717) is 0 Å². The van der Waals surface area contributed by atoms with Crippen molar-refractivity contribution in [3.05, 3.63) is 27.3 Å². The minimum Gasteiger partial charge on any atom is -0.477 e. The highest BCUT2D eigenvalue weighted by atomic mass is 79.9. The Bertz CT molecular complexity index is 521. The van der Waals surface area contributed by atoms with E-state index >= 15 is 0 Å². The van der Waals surface area contributed by atoms with Crippen LogP contribution in [0.1, 0.15) is 15.4 Å². The highest BCUT2D eigenvalue weighted by molar-refractivity contribution is 9.10. The van der Waals surface area contributed by atoms with Gasteiger partial charge in [0.25, 0.3) is 0 Å². The van der Waals surface area contributed by atoms with Crippen molar-refractivity contribution in [2.75, 3.05) is 0 Å². The molecule has 0 aliphatic rings. The Balaban J connectivity index is 2.76. The van der Waals surface area contributed by atoms with Gasteiger partial charge in [-0.25, -0.2) is 9.78 Å². The van der Waals surface area contributed by atoms with E-state index in [2.05, 4.69) is 20.9 Å². The van der Waals surface area contributed by atoms with E-state index < -0.39 is 5.97 Å². The number of pyridine rings is 1. The van der Waals surface area contributed by atoms with E-state index in [9.17, 15) is 4.79 Å². The molecule has 0 aliphatic carbocycles. The standard InChI is InChI=1S/C9H6BrNO2S/c1-4-8(10)5-2-6(9(12)13)11-3-7(5)14-4/h2-3H,1H3,(H,12,13). The minimum atomic E-state index is -0.998. The van der Waals surface area contributed by atoms with Crippen LogP contribution in [0.3, 0.4) is 0 Å². The number of carboxylic acids is 1. The van der Waals surface area contributed by atoms with Gasteiger partial charge in [0.1, 0.15) is 5.69 Å². The third kappa shape index (κ3) is 1.42. The van der Waals surface area contributed by atoms with Gasteiger partial charge in [0.15, 0.2) is 0 Å². The van der Waals surface area contributed by atoms with Crippen molar-refractivity contribution in [1.82, 2.24) is 4.98 Å². The molecule has 0 bridgehead atoms. The summed E-state index contributed by atoms with van der Waals surface area (Å²) in [5.74, 6) is -0.998. The van der Waals surface area contributed by atoms with Crippen LogP contribution >= 0.6 is 27.3 Å². The lowest BCUT2D eigenvalue weighted by Crippen LogP contribution is -1.98. The molecule has 0 radical (unpaired) electrons. The summed E-state index contributed by atoms with van der Waals surface area (Å²) in [6.45, 7) is 1.98. The quantitative estimate of drug-likeness (QED) is 0.867. The molecular formula is C9H6BrNO2S. The molecule has 2 rings (SSSR count). The molecule has 0 aliphatic heterocycles. The van der Waals surface area contributed by atoms with Crippen LogP contribution in [-0.4, -0.2) is 16.1 Å². The largest absolute Gasteiger partial charge is 0.477 e. The smallest absolute Gasteiger partial charge is 0.354 e. The molecule has 0 fully saturated rings. The van der Waals surface area contributed by atoms with Crippen LogP contribution < -0.4 is 0 Å². The van der Waals surface area contributed by atoms with Crippen LogP contribution in [-0.2, 0) is 0 Å². The summed E-state index contributed by atoms with van der Waals surface area (Å²) in [5.41, 5.74) is 0.0796. The summed E-state index contributed by atoms with van der Waals surface area (Å²) >= 11 is 5.02. The Labute approximate surface area is 92.5 Å². The van der Waals surface area contributed by atoms with Crippen molar-refractivity contribution in [2.45, 2.75) is 6.92 Å². The fourth-order valence-electron chi connectivity index (χ4n) is 1.21. The highest BCUT2D eigenvalue weighted by Gasteiger charge is 2.10. The first kappa shape index (κ1) is 9.61. The summed E-state index contributed by atoms with van der Waals surface area (Å²) in [5, 5.41) is 9.68. The fraction of sp³-hybridized carbons (Fsp3) is 0.111. The zero-order chi connectivity index (χ0) is 10.3. The Hall–Kier alpha value is -0.940. The lowest BCUT2D eigenvalue weighted by Gasteiger charge is -1.93. The molecule has 2 aromatic heterocycles. The van der Waals surface area contributed by atoms with E-state index in [0.717, 1.165) is 19.4 Å². The monoisotopic (exact) mass is 271 g/mol. The summed E-state index contributed by atoms with van der Waals surface area (Å²) in [6, 6.07) is 1.59. The summed E-state index contributed by atoms with van der Waals surface area (Å²) in [6.07, 6.45) is 1.60. The minimum absolute atomic E-state index is 0.0796. The number of thiophene rings is 1. The topological polar surface area (TPSA) is 50.2 Å². The Kier molecular flexibility index (Phi) is 2.28. The zero-order valence-corrected chi connectivity index (χ0v) is 9.65. The molecule has 2 aromatic rings. The van der Waals surface area contributed by atoms with E-state index in [1.54, 1.807) is 23.6 Å². The molecule has 0 aromatic carbocycles. The number of aryl methyl sites for hydroxylation is 1. The van der Waals surface area contributed by atoms with Gasteiger partial charge in [0.2, 0.25) is 0 Å². The second-order valence-corrected chi connectivity index (χ2v) is 4.89. The Morgan fingerprint density at radius 2 is 2.36 bits per heavy atom. The normalized spacial score (nSPS) is 10.7. The van der Waals surface area contributed by atoms with Crippen LogP contribution in [0.2, 0.25) is 0 Å². The van der Waals surface area contributed by atoms with Crippen molar-refractivity contribution >= 4 is 43.3 Å². The third-order valence-electron chi connectivity index (χ3n) is 1.90. The lowest BCUT2D eigenvalue weighted by molar-refractivity contribution is 0.0691. The lowest BCUT2D eigenvalue weighted by atomic mass is 10.2. The average molecular weight is 272 g/mol. The molecule has 2 heterocycles. The van der Waals surface area contributed by atoms with E-state index in [-0.39, 0.29) is 5.69 Å². The van der Waals surface area contributed by atoms with Crippen LogP contribution in [0, 0.1) is 6.92 Å². The maximum absolute atomic E-state index is 10.7. The Morgan fingerprint density at radius 1 is 1.64 bits per heavy atom. The summed E-state index contributed by atoms with van der Waals surface area (Å²) in [7, 11) is 0. The number of halogens is 1. The molecule has 72 valence electrons. The van der Waals surface area contributed by atoms with Crippen molar-refractivity contribution in [1.29, 1.82) is 0 Å². The van der Waals surface area contributed by atoms with Gasteiger partial charge in [-0.2, -0.15) is 0 Å². The molecule has 5 heteroatoms. The van der Waals surface area contributed by atoms with Crippen LogP contribution in [0.15, 0.2) is 16.7 Å². The number of hydrogen-bond donors (Lipinski definition) is 1. The van der Waals surface area contributed by atoms with Gasteiger partial charge < -0.3 is 5.11 Å². The number of aromatic nitrogens is 1. The number of aromatic carboxylic acids is 1. The molecule has 1 N–H and O–H groups in total. The maximum atomic E-state index is 10.7. The van der Waals surface area contributed by atoms with Crippen LogP contribution in [0.25, 0.3) is 10.1 Å². The van der Waals surface area contributed by atoms with Gasteiger partial charge in [-0.1, -0.05) is 0 Å². The number of carboxylic acid groups (broad SMARTS) is 1. The van der Waals surface area contributed by atoms with Crippen molar-refractivity contribution < 1.29 is 9.90 Å². The first-order valence-electron chi connectivity index (χ1n) is 3.87. The number of rotatable bonds is 1. The van der Waals surface area contributed by atoms with Gasteiger partial charge in [-0.3, -0.25) is 0 Å². The summed E-state index contributed by atoms with van der Waals surface area (Å²) in [4.78, 5) is 15.7. The van der Waals surface area contributed by atoms with Crippen molar-refractivity contribution in [3.63, 3.8) is 0 Å². The number of hydrogen-bond acceptors (Lipinski definition) is 3. The highest BCUT2D eigenvalue weighted by Crippen LogP contribution is 2.34. The molecule has 0 unspecified atom stereocenters. The van der Waals surface area contributed by atoms with E-state index in [1.165, 1.54) is 0 Å². The van der Waals surface area contributed by atoms with Gasteiger partial charge in [0, 0.05) is 20.9 Å². The second-order valence-electron chi connectivity index (χ2n) is 2.84. The SMILES string of the molecule is Cc1sc2cnc(C(=O)O)cc2c1Br. The molecule has 3 nitrogen and oxygen atoms in total.